The molecule has 1 aromatic carbocycles. The van der Waals surface area contributed by atoms with Crippen molar-refractivity contribution in [1.82, 2.24) is 10.6 Å². The van der Waals surface area contributed by atoms with Crippen LogP contribution in [-0.2, 0) is 4.74 Å². The molecular formula is C14H19BrN2O3. The Balaban J connectivity index is 1.70. The molecule has 0 aromatic heterocycles. The van der Waals surface area contributed by atoms with E-state index in [0.717, 1.165) is 25.9 Å². The number of phenols is 1. The van der Waals surface area contributed by atoms with Crippen molar-refractivity contribution in [1.29, 1.82) is 0 Å². The zero-order chi connectivity index (χ0) is 14.4. The van der Waals surface area contributed by atoms with Crippen molar-refractivity contribution in [2.45, 2.75) is 18.9 Å². The highest BCUT2D eigenvalue weighted by Crippen LogP contribution is 2.24. The second-order valence-corrected chi connectivity index (χ2v) is 5.60. The van der Waals surface area contributed by atoms with Gasteiger partial charge in [-0.15, -0.1) is 0 Å². The molecule has 0 spiro atoms. The zero-order valence-corrected chi connectivity index (χ0v) is 12.8. The van der Waals surface area contributed by atoms with Gasteiger partial charge in [-0.1, -0.05) is 0 Å². The summed E-state index contributed by atoms with van der Waals surface area (Å²) < 4.78 is 6.27. The Labute approximate surface area is 126 Å². The summed E-state index contributed by atoms with van der Waals surface area (Å²) in [5, 5.41) is 15.6. The van der Waals surface area contributed by atoms with Crippen molar-refractivity contribution in [3.63, 3.8) is 0 Å². The Morgan fingerprint density at radius 1 is 1.45 bits per heavy atom. The van der Waals surface area contributed by atoms with E-state index < -0.39 is 0 Å². The summed E-state index contributed by atoms with van der Waals surface area (Å²) in [6.07, 6.45) is 2.34. The Bertz CT molecular complexity index is 462. The summed E-state index contributed by atoms with van der Waals surface area (Å²) in [7, 11) is 0. The number of ether oxygens (including phenoxy) is 1. The lowest BCUT2D eigenvalue weighted by molar-refractivity contribution is 0.0343. The summed E-state index contributed by atoms with van der Waals surface area (Å²) in [6.45, 7) is 2.98. The highest BCUT2D eigenvalue weighted by molar-refractivity contribution is 9.10. The summed E-state index contributed by atoms with van der Waals surface area (Å²) in [5.41, 5.74) is 0.438. The first-order chi connectivity index (χ1) is 9.66. The van der Waals surface area contributed by atoms with E-state index in [2.05, 4.69) is 26.6 Å². The standard InChI is InChI=1S/C14H19BrN2O3/c15-12-2-1-10(9-13(12)18)14(19)17-7-8-20-11-3-5-16-6-4-11/h1-2,9,11,16,18H,3-8H2,(H,17,19). The smallest absolute Gasteiger partial charge is 0.251 e. The van der Waals surface area contributed by atoms with Crippen LogP contribution in [0.3, 0.4) is 0 Å². The first-order valence-corrected chi connectivity index (χ1v) is 7.55. The van der Waals surface area contributed by atoms with Gasteiger partial charge in [-0.05, 0) is 60.1 Å². The summed E-state index contributed by atoms with van der Waals surface area (Å²) in [6, 6.07) is 4.75. The molecule has 5 nitrogen and oxygen atoms in total. The molecule has 3 N–H and O–H groups in total. The fourth-order valence-electron chi connectivity index (χ4n) is 2.11. The number of halogens is 1. The zero-order valence-electron chi connectivity index (χ0n) is 11.2. The number of rotatable bonds is 5. The number of phenolic OH excluding ortho intramolecular Hbond substituents is 1. The molecule has 1 aliphatic rings. The number of amides is 1. The van der Waals surface area contributed by atoms with Crippen LogP contribution >= 0.6 is 15.9 Å². The molecule has 110 valence electrons. The topological polar surface area (TPSA) is 70.6 Å². The van der Waals surface area contributed by atoms with Crippen LogP contribution in [0.4, 0.5) is 0 Å². The number of nitrogens with one attached hydrogen (secondary N) is 2. The number of carbonyl (C=O) groups excluding carboxylic acids is 1. The van der Waals surface area contributed by atoms with Crippen LogP contribution in [0.1, 0.15) is 23.2 Å². The van der Waals surface area contributed by atoms with E-state index >= 15 is 0 Å². The van der Waals surface area contributed by atoms with Crippen molar-refractivity contribution in [3.8, 4) is 5.75 Å². The molecule has 1 heterocycles. The minimum absolute atomic E-state index is 0.0589. The molecule has 0 atom stereocenters. The van der Waals surface area contributed by atoms with E-state index in [0.29, 0.717) is 29.3 Å². The predicted molar refractivity (Wildman–Crippen MR) is 80.0 cm³/mol. The molecule has 0 unspecified atom stereocenters. The van der Waals surface area contributed by atoms with Crippen LogP contribution in [0.15, 0.2) is 22.7 Å². The number of aromatic hydroxyl groups is 1. The molecule has 0 radical (unpaired) electrons. The average Bonchev–Trinajstić information content (AvgIpc) is 2.47. The number of hydrogen-bond donors (Lipinski definition) is 3. The van der Waals surface area contributed by atoms with Gasteiger partial charge >= 0.3 is 0 Å². The third-order valence-corrected chi connectivity index (χ3v) is 3.91. The van der Waals surface area contributed by atoms with Crippen molar-refractivity contribution in [2.75, 3.05) is 26.2 Å². The van der Waals surface area contributed by atoms with Crippen molar-refractivity contribution >= 4 is 21.8 Å². The number of carbonyl (C=O) groups is 1. The maximum atomic E-state index is 11.9. The van der Waals surface area contributed by atoms with Crippen LogP contribution in [-0.4, -0.2) is 43.4 Å². The van der Waals surface area contributed by atoms with E-state index in [4.69, 9.17) is 4.74 Å². The van der Waals surface area contributed by atoms with Gasteiger partial charge in [-0.25, -0.2) is 0 Å². The quantitative estimate of drug-likeness (QED) is 0.711. The molecule has 1 amide bonds. The van der Waals surface area contributed by atoms with Gasteiger partial charge in [-0.3, -0.25) is 4.79 Å². The van der Waals surface area contributed by atoms with Crippen molar-refractivity contribution < 1.29 is 14.6 Å². The average molecular weight is 343 g/mol. The SMILES string of the molecule is O=C(NCCOC1CCNCC1)c1ccc(Br)c(O)c1. The van der Waals surface area contributed by atoms with Crippen molar-refractivity contribution in [2.24, 2.45) is 0 Å². The molecular weight excluding hydrogens is 324 g/mol. The van der Waals surface area contributed by atoms with Crippen molar-refractivity contribution in [3.05, 3.63) is 28.2 Å². The Morgan fingerprint density at radius 3 is 2.90 bits per heavy atom. The molecule has 0 aliphatic carbocycles. The maximum absolute atomic E-state index is 11.9. The van der Waals surface area contributed by atoms with Crippen LogP contribution < -0.4 is 10.6 Å². The normalized spacial score (nSPS) is 16.1. The van der Waals surface area contributed by atoms with E-state index in [9.17, 15) is 9.90 Å². The third-order valence-electron chi connectivity index (χ3n) is 3.24. The number of benzene rings is 1. The fourth-order valence-corrected chi connectivity index (χ4v) is 2.35. The highest BCUT2D eigenvalue weighted by atomic mass is 79.9. The highest BCUT2D eigenvalue weighted by Gasteiger charge is 2.13. The van der Waals surface area contributed by atoms with Gasteiger partial charge < -0.3 is 20.5 Å². The van der Waals surface area contributed by atoms with Crippen LogP contribution in [0.5, 0.6) is 5.75 Å². The molecule has 1 aromatic rings. The predicted octanol–water partition coefficient (Wildman–Crippen LogP) is 1.65. The van der Waals surface area contributed by atoms with Gasteiger partial charge in [0.05, 0.1) is 17.2 Å². The van der Waals surface area contributed by atoms with Gasteiger partial charge in [-0.2, -0.15) is 0 Å². The Morgan fingerprint density at radius 2 is 2.20 bits per heavy atom. The van der Waals surface area contributed by atoms with E-state index in [1.807, 2.05) is 0 Å². The molecule has 2 rings (SSSR count). The van der Waals surface area contributed by atoms with Gasteiger partial charge in [0.25, 0.3) is 5.91 Å². The second-order valence-electron chi connectivity index (χ2n) is 4.74. The lowest BCUT2D eigenvalue weighted by atomic mass is 10.1. The maximum Gasteiger partial charge on any atom is 0.251 e. The first kappa shape index (κ1) is 15.3. The molecule has 1 fully saturated rings. The van der Waals surface area contributed by atoms with Crippen LogP contribution in [0, 0.1) is 0 Å². The summed E-state index contributed by atoms with van der Waals surface area (Å²) >= 11 is 3.18. The van der Waals surface area contributed by atoms with Crippen LogP contribution in [0.2, 0.25) is 0 Å². The number of piperidine rings is 1. The van der Waals surface area contributed by atoms with E-state index in [1.165, 1.54) is 6.07 Å². The lowest BCUT2D eigenvalue weighted by Crippen LogP contribution is -2.34. The van der Waals surface area contributed by atoms with Gasteiger partial charge in [0.15, 0.2) is 0 Å². The molecule has 20 heavy (non-hydrogen) atoms. The molecule has 1 saturated heterocycles. The van der Waals surface area contributed by atoms with E-state index in [1.54, 1.807) is 12.1 Å². The minimum Gasteiger partial charge on any atom is -0.507 e. The minimum atomic E-state index is -0.207. The first-order valence-electron chi connectivity index (χ1n) is 6.76. The summed E-state index contributed by atoms with van der Waals surface area (Å²) in [5.74, 6) is -0.148. The Kier molecular flexibility index (Phi) is 5.82. The van der Waals surface area contributed by atoms with Crippen LogP contribution in [0.25, 0.3) is 0 Å². The van der Waals surface area contributed by atoms with Gasteiger partial charge in [0.1, 0.15) is 5.75 Å². The third kappa shape index (κ3) is 4.47. The molecule has 6 heteroatoms. The van der Waals surface area contributed by atoms with Gasteiger partial charge in [0.2, 0.25) is 0 Å². The summed E-state index contributed by atoms with van der Waals surface area (Å²) in [4.78, 5) is 11.9. The largest absolute Gasteiger partial charge is 0.507 e. The van der Waals surface area contributed by atoms with E-state index in [-0.39, 0.29) is 11.7 Å². The molecule has 0 bridgehead atoms. The number of hydrogen-bond acceptors (Lipinski definition) is 4. The molecule has 0 saturated carbocycles. The fraction of sp³-hybridized carbons (Fsp3) is 0.500. The monoisotopic (exact) mass is 342 g/mol. The Hall–Kier alpha value is -1.11. The second kappa shape index (κ2) is 7.61. The molecule has 1 aliphatic heterocycles. The lowest BCUT2D eigenvalue weighted by Gasteiger charge is -2.22. The van der Waals surface area contributed by atoms with Gasteiger partial charge in [0, 0.05) is 12.1 Å².